The maximum absolute atomic E-state index is 10.8. The maximum atomic E-state index is 10.8. The van der Waals surface area contributed by atoms with Gasteiger partial charge in [0.05, 0.1) is 0 Å². The third-order valence-corrected chi connectivity index (χ3v) is 7.33. The molecule has 0 amide bonds. The van der Waals surface area contributed by atoms with Gasteiger partial charge in [0.25, 0.3) is 0 Å². The molecule has 2 N–H and O–H groups in total. The van der Waals surface area contributed by atoms with E-state index in [-0.39, 0.29) is 5.75 Å². The second-order valence-corrected chi connectivity index (χ2v) is 11.0. The van der Waals surface area contributed by atoms with Crippen molar-refractivity contribution in [1.82, 2.24) is 0 Å². The van der Waals surface area contributed by atoms with Crippen LogP contribution in [0.25, 0.3) is 10.8 Å². The lowest BCUT2D eigenvalue weighted by atomic mass is 9.91. The van der Waals surface area contributed by atoms with E-state index in [0.29, 0.717) is 12.2 Å². The van der Waals surface area contributed by atoms with Gasteiger partial charge in [-0.05, 0) is 56.4 Å². The lowest BCUT2D eigenvalue weighted by Gasteiger charge is -2.15. The number of benzene rings is 2. The van der Waals surface area contributed by atoms with Crippen LogP contribution in [0.3, 0.4) is 0 Å². The Morgan fingerprint density at radius 2 is 1.30 bits per heavy atom. The van der Waals surface area contributed by atoms with E-state index >= 15 is 0 Å². The molecule has 2 atom stereocenters. The van der Waals surface area contributed by atoms with Gasteiger partial charge in [-0.2, -0.15) is 0 Å². The highest BCUT2D eigenvalue weighted by molar-refractivity contribution is 5.95. The molecule has 0 aromatic heterocycles. The Morgan fingerprint density at radius 1 is 0.788 bits per heavy atom. The minimum absolute atomic E-state index is 0.285. The largest absolute Gasteiger partial charge is 0.507 e. The molecule has 0 aliphatic carbocycles. The van der Waals surface area contributed by atoms with Gasteiger partial charge in [-0.1, -0.05) is 109 Å². The molecule has 0 radical (unpaired) electrons. The van der Waals surface area contributed by atoms with Crippen LogP contribution in [-0.4, -0.2) is 10.2 Å². The summed E-state index contributed by atoms with van der Waals surface area (Å²) in [5.41, 5.74) is 2.98. The van der Waals surface area contributed by atoms with E-state index in [1.54, 1.807) is 0 Å². The van der Waals surface area contributed by atoms with Crippen molar-refractivity contribution in [3.63, 3.8) is 0 Å². The summed E-state index contributed by atoms with van der Waals surface area (Å²) in [4.78, 5) is 0. The second kappa shape index (κ2) is 13.7. The molecule has 2 aromatic rings. The van der Waals surface area contributed by atoms with E-state index < -0.39 is 0 Å². The Kier molecular flexibility index (Phi) is 11.3. The number of phenolic OH excluding ortho intramolecular Hbond substituents is 2. The number of rotatable bonds is 14. The van der Waals surface area contributed by atoms with E-state index in [1.165, 1.54) is 56.9 Å². The Bertz CT molecular complexity index is 893. The van der Waals surface area contributed by atoms with Gasteiger partial charge in [0.2, 0.25) is 0 Å². The minimum Gasteiger partial charge on any atom is -0.507 e. The maximum Gasteiger partial charge on any atom is 0.127 e. The number of aromatic hydroxyl groups is 2. The summed E-state index contributed by atoms with van der Waals surface area (Å²) in [6, 6.07) is 7.52. The van der Waals surface area contributed by atoms with Crippen molar-refractivity contribution in [2.75, 3.05) is 0 Å². The Morgan fingerprint density at radius 3 is 1.88 bits per heavy atom. The summed E-state index contributed by atoms with van der Waals surface area (Å²) in [5.74, 6) is 3.09. The average molecular weight is 453 g/mol. The average Bonchev–Trinajstić information content (AvgIpc) is 2.77. The van der Waals surface area contributed by atoms with Gasteiger partial charge in [0.15, 0.2) is 0 Å². The molecule has 0 saturated carbocycles. The van der Waals surface area contributed by atoms with Crippen molar-refractivity contribution < 1.29 is 10.2 Å². The smallest absolute Gasteiger partial charge is 0.127 e. The molecule has 2 nitrogen and oxygen atoms in total. The third kappa shape index (κ3) is 8.72. The topological polar surface area (TPSA) is 40.5 Å². The van der Waals surface area contributed by atoms with E-state index in [1.807, 2.05) is 31.2 Å². The van der Waals surface area contributed by atoms with Crippen LogP contribution in [0.15, 0.2) is 35.9 Å². The first-order chi connectivity index (χ1) is 15.7. The Hall–Kier alpha value is -1.96. The Balaban J connectivity index is 1.75. The summed E-state index contributed by atoms with van der Waals surface area (Å²) < 4.78 is 0. The van der Waals surface area contributed by atoms with Crippen LogP contribution in [-0.2, 0) is 6.42 Å². The summed E-state index contributed by atoms with van der Waals surface area (Å²) in [7, 11) is 0. The van der Waals surface area contributed by atoms with Crippen molar-refractivity contribution in [3.05, 3.63) is 47.0 Å². The molecular formula is C31H48O2. The molecule has 33 heavy (non-hydrogen) atoms. The SMILES string of the molecule is C/C(=C/Cc1c(C)c(O)c2ccccc2c1O)CCC[C@H](C)CCC[C@H](C)CCCC(C)C. The molecule has 2 heteroatoms. The highest BCUT2D eigenvalue weighted by Gasteiger charge is 2.15. The zero-order valence-electron chi connectivity index (χ0n) is 22.1. The number of phenols is 2. The molecule has 0 heterocycles. The number of hydrogen-bond acceptors (Lipinski definition) is 2. The molecular weight excluding hydrogens is 404 g/mol. The van der Waals surface area contributed by atoms with Crippen molar-refractivity contribution >= 4 is 10.8 Å². The van der Waals surface area contributed by atoms with E-state index in [0.717, 1.165) is 46.1 Å². The van der Waals surface area contributed by atoms with Crippen LogP contribution < -0.4 is 0 Å². The van der Waals surface area contributed by atoms with Gasteiger partial charge in [0.1, 0.15) is 11.5 Å². The van der Waals surface area contributed by atoms with E-state index in [2.05, 4.69) is 40.7 Å². The first-order valence-corrected chi connectivity index (χ1v) is 13.3. The monoisotopic (exact) mass is 452 g/mol. The lowest BCUT2D eigenvalue weighted by Crippen LogP contribution is -2.00. The number of fused-ring (bicyclic) bond motifs is 1. The third-order valence-electron chi connectivity index (χ3n) is 7.33. The molecule has 0 unspecified atom stereocenters. The van der Waals surface area contributed by atoms with Crippen molar-refractivity contribution in [2.45, 2.75) is 106 Å². The van der Waals surface area contributed by atoms with Crippen molar-refractivity contribution in [1.29, 1.82) is 0 Å². The number of hydrogen-bond donors (Lipinski definition) is 2. The highest BCUT2D eigenvalue weighted by atomic mass is 16.3. The number of allylic oxidation sites excluding steroid dienone is 2. The van der Waals surface area contributed by atoms with Gasteiger partial charge in [-0.25, -0.2) is 0 Å². The predicted molar refractivity (Wildman–Crippen MR) is 144 cm³/mol. The standard InChI is InChI=1S/C31H48O2/c1-22(2)12-9-13-23(3)14-10-15-24(4)16-11-17-25(5)20-21-27-26(6)30(32)28-18-7-8-19-29(28)31(27)33/h7-8,18-20,22-24,32-33H,9-17,21H2,1-6H3/b25-20-/t23-,24-/m1/s1. The van der Waals surface area contributed by atoms with Gasteiger partial charge >= 0.3 is 0 Å². The fourth-order valence-corrected chi connectivity index (χ4v) is 4.92. The first kappa shape index (κ1) is 27.3. The lowest BCUT2D eigenvalue weighted by molar-refractivity contribution is 0.389. The molecule has 0 spiro atoms. The molecule has 0 aliphatic rings. The molecule has 0 bridgehead atoms. The Labute approximate surface area is 203 Å². The van der Waals surface area contributed by atoms with Crippen LogP contribution in [0.5, 0.6) is 11.5 Å². The highest BCUT2D eigenvalue weighted by Crippen LogP contribution is 2.39. The zero-order chi connectivity index (χ0) is 24.4. The summed E-state index contributed by atoms with van der Waals surface area (Å²) in [5, 5.41) is 22.8. The molecule has 0 fully saturated rings. The fourth-order valence-electron chi connectivity index (χ4n) is 4.92. The molecule has 2 rings (SSSR count). The van der Waals surface area contributed by atoms with Crippen molar-refractivity contribution in [2.24, 2.45) is 17.8 Å². The van der Waals surface area contributed by atoms with Crippen LogP contribution in [0.2, 0.25) is 0 Å². The van der Waals surface area contributed by atoms with Crippen LogP contribution in [0.4, 0.5) is 0 Å². The molecule has 184 valence electrons. The quantitative estimate of drug-likeness (QED) is 0.221. The van der Waals surface area contributed by atoms with Crippen LogP contribution >= 0.6 is 0 Å². The zero-order valence-corrected chi connectivity index (χ0v) is 22.1. The molecule has 0 saturated heterocycles. The molecule has 2 aromatic carbocycles. The van der Waals surface area contributed by atoms with E-state index in [9.17, 15) is 10.2 Å². The van der Waals surface area contributed by atoms with Gasteiger partial charge in [0, 0.05) is 16.3 Å². The minimum atomic E-state index is 0.285. The predicted octanol–water partition coefficient (Wildman–Crippen LogP) is 9.49. The molecule has 0 aliphatic heterocycles. The second-order valence-electron chi connectivity index (χ2n) is 11.0. The van der Waals surface area contributed by atoms with Gasteiger partial charge < -0.3 is 10.2 Å². The fraction of sp³-hybridized carbons (Fsp3) is 0.613. The first-order valence-electron chi connectivity index (χ1n) is 13.3. The summed E-state index contributed by atoms with van der Waals surface area (Å²) in [6.45, 7) is 13.6. The normalized spacial score (nSPS) is 14.2. The summed E-state index contributed by atoms with van der Waals surface area (Å²) in [6.07, 6.45) is 14.7. The van der Waals surface area contributed by atoms with Gasteiger partial charge in [-0.15, -0.1) is 0 Å². The van der Waals surface area contributed by atoms with Gasteiger partial charge in [-0.3, -0.25) is 0 Å². The van der Waals surface area contributed by atoms with Crippen molar-refractivity contribution in [3.8, 4) is 11.5 Å². The van der Waals surface area contributed by atoms with Crippen LogP contribution in [0.1, 0.15) is 104 Å². The summed E-state index contributed by atoms with van der Waals surface area (Å²) >= 11 is 0. The van der Waals surface area contributed by atoms with E-state index in [4.69, 9.17) is 0 Å². The van der Waals surface area contributed by atoms with Crippen LogP contribution in [0, 0.1) is 24.7 Å².